The molecule has 0 unspecified atom stereocenters. The summed E-state index contributed by atoms with van der Waals surface area (Å²) in [6.07, 6.45) is -5.34. The molecule has 0 spiro atoms. The maximum Gasteiger partial charge on any atom is 0.392 e. The zero-order chi connectivity index (χ0) is 22.1. The van der Waals surface area contributed by atoms with Crippen LogP contribution in [0, 0.1) is 6.92 Å². The monoisotopic (exact) mass is 457 g/mol. The van der Waals surface area contributed by atoms with Gasteiger partial charge in [-0.15, -0.1) is 0 Å². The molecule has 0 fully saturated rings. The zero-order valence-corrected chi connectivity index (χ0v) is 17.1. The minimum atomic E-state index is -4.29. The second-order valence-corrected chi connectivity index (χ2v) is 7.34. The standard InChI is InChI=1S/C21H16Cl2F3NO3/c1-12-17(20(28)29)11-19(16-7-2-13(22)10-18(16)23)27(12)14-3-5-15(6-4-14)30-9-8-21(24,25)26/h2-7,10-11H,8-9H2,1H3,(H,28,29). The van der Waals surface area contributed by atoms with E-state index in [1.165, 1.54) is 18.2 Å². The lowest BCUT2D eigenvalue weighted by molar-refractivity contribution is -0.139. The van der Waals surface area contributed by atoms with Gasteiger partial charge < -0.3 is 14.4 Å². The van der Waals surface area contributed by atoms with Gasteiger partial charge in [0, 0.05) is 22.0 Å². The molecule has 3 rings (SSSR count). The zero-order valence-electron chi connectivity index (χ0n) is 15.6. The van der Waals surface area contributed by atoms with E-state index in [0.717, 1.165) is 0 Å². The van der Waals surface area contributed by atoms with Gasteiger partial charge in [0.1, 0.15) is 5.75 Å². The summed E-state index contributed by atoms with van der Waals surface area (Å²) in [6.45, 7) is 1.17. The topological polar surface area (TPSA) is 51.5 Å². The predicted molar refractivity (Wildman–Crippen MR) is 109 cm³/mol. The van der Waals surface area contributed by atoms with Gasteiger partial charge in [-0.25, -0.2) is 4.79 Å². The van der Waals surface area contributed by atoms with Crippen LogP contribution < -0.4 is 4.74 Å². The maximum atomic E-state index is 12.3. The fourth-order valence-electron chi connectivity index (χ4n) is 3.03. The maximum absolute atomic E-state index is 12.3. The summed E-state index contributed by atoms with van der Waals surface area (Å²) in [6, 6.07) is 12.7. The molecule has 0 aliphatic carbocycles. The fraction of sp³-hybridized carbons (Fsp3) is 0.190. The van der Waals surface area contributed by atoms with Crippen molar-refractivity contribution in [3.63, 3.8) is 0 Å². The highest BCUT2D eigenvalue weighted by atomic mass is 35.5. The number of aromatic nitrogens is 1. The Bertz CT molecular complexity index is 1080. The molecule has 0 amide bonds. The predicted octanol–water partition coefficient (Wildman–Crippen LogP) is 6.79. The number of hydrogen-bond donors (Lipinski definition) is 1. The Balaban J connectivity index is 1.99. The van der Waals surface area contributed by atoms with Crippen LogP contribution in [0.5, 0.6) is 5.75 Å². The molecule has 0 saturated carbocycles. The van der Waals surface area contributed by atoms with Gasteiger partial charge in [-0.3, -0.25) is 0 Å². The second kappa shape index (κ2) is 8.62. The molecule has 1 aromatic heterocycles. The van der Waals surface area contributed by atoms with Crippen LogP contribution in [-0.2, 0) is 0 Å². The minimum absolute atomic E-state index is 0.0986. The molecule has 158 valence electrons. The highest BCUT2D eigenvalue weighted by Crippen LogP contribution is 2.35. The van der Waals surface area contributed by atoms with Gasteiger partial charge in [0.25, 0.3) is 0 Å². The highest BCUT2D eigenvalue weighted by Gasteiger charge is 2.27. The van der Waals surface area contributed by atoms with Gasteiger partial charge in [0.15, 0.2) is 0 Å². The lowest BCUT2D eigenvalue weighted by Crippen LogP contribution is -2.13. The van der Waals surface area contributed by atoms with Crippen molar-refractivity contribution in [2.45, 2.75) is 19.5 Å². The van der Waals surface area contributed by atoms with Crippen LogP contribution in [0.4, 0.5) is 13.2 Å². The number of ether oxygens (including phenoxy) is 1. The molecule has 0 atom stereocenters. The Kier molecular flexibility index (Phi) is 6.33. The van der Waals surface area contributed by atoms with Crippen LogP contribution in [0.25, 0.3) is 16.9 Å². The summed E-state index contributed by atoms with van der Waals surface area (Å²) in [7, 11) is 0. The summed E-state index contributed by atoms with van der Waals surface area (Å²) in [5, 5.41) is 10.3. The van der Waals surface area contributed by atoms with E-state index < -0.39 is 25.2 Å². The SMILES string of the molecule is Cc1c(C(=O)O)cc(-c2ccc(Cl)cc2Cl)n1-c1ccc(OCCC(F)(F)F)cc1. The molecular formula is C21H16Cl2F3NO3. The van der Waals surface area contributed by atoms with E-state index in [-0.39, 0.29) is 11.3 Å². The summed E-state index contributed by atoms with van der Waals surface area (Å²) in [4.78, 5) is 11.7. The first-order valence-corrected chi connectivity index (χ1v) is 9.53. The van der Waals surface area contributed by atoms with Crippen molar-refractivity contribution in [3.8, 4) is 22.7 Å². The lowest BCUT2D eigenvalue weighted by atomic mass is 10.1. The van der Waals surface area contributed by atoms with Crippen molar-refractivity contribution >= 4 is 29.2 Å². The van der Waals surface area contributed by atoms with E-state index in [4.69, 9.17) is 27.9 Å². The van der Waals surface area contributed by atoms with Crippen LogP contribution in [0.2, 0.25) is 10.0 Å². The van der Waals surface area contributed by atoms with E-state index >= 15 is 0 Å². The van der Waals surface area contributed by atoms with Crippen molar-refractivity contribution in [1.82, 2.24) is 4.57 Å². The van der Waals surface area contributed by atoms with Crippen molar-refractivity contribution in [1.29, 1.82) is 0 Å². The number of carbonyl (C=O) groups is 1. The van der Waals surface area contributed by atoms with E-state index in [1.54, 1.807) is 41.8 Å². The van der Waals surface area contributed by atoms with E-state index in [0.29, 0.717) is 32.7 Å². The number of aromatic carboxylic acids is 1. The van der Waals surface area contributed by atoms with Gasteiger partial charge in [-0.05, 0) is 55.5 Å². The number of alkyl halides is 3. The van der Waals surface area contributed by atoms with Gasteiger partial charge in [0.2, 0.25) is 0 Å². The third-order valence-corrected chi connectivity index (χ3v) is 4.98. The van der Waals surface area contributed by atoms with Gasteiger partial charge in [0.05, 0.1) is 29.3 Å². The van der Waals surface area contributed by atoms with Crippen molar-refractivity contribution < 1.29 is 27.8 Å². The van der Waals surface area contributed by atoms with Crippen LogP contribution >= 0.6 is 23.2 Å². The summed E-state index contributed by atoms with van der Waals surface area (Å²) in [5.41, 5.74) is 2.29. The van der Waals surface area contributed by atoms with Gasteiger partial charge in [-0.2, -0.15) is 13.2 Å². The molecule has 0 aliphatic heterocycles. The molecule has 0 radical (unpaired) electrons. The Labute approximate surface area is 180 Å². The molecule has 0 saturated heterocycles. The first-order valence-electron chi connectivity index (χ1n) is 8.78. The summed E-state index contributed by atoms with van der Waals surface area (Å²) < 4.78 is 43.6. The molecule has 30 heavy (non-hydrogen) atoms. The van der Waals surface area contributed by atoms with Crippen LogP contribution in [0.3, 0.4) is 0 Å². The van der Waals surface area contributed by atoms with E-state index in [2.05, 4.69) is 0 Å². The van der Waals surface area contributed by atoms with Crippen molar-refractivity contribution in [3.05, 3.63) is 69.8 Å². The third kappa shape index (κ3) is 4.91. The summed E-state index contributed by atoms with van der Waals surface area (Å²) >= 11 is 12.3. The average molecular weight is 458 g/mol. The van der Waals surface area contributed by atoms with Gasteiger partial charge in [-0.1, -0.05) is 23.2 Å². The van der Waals surface area contributed by atoms with E-state index in [1.807, 2.05) is 0 Å². The number of halogens is 5. The number of carboxylic acids is 1. The molecule has 1 N–H and O–H groups in total. The largest absolute Gasteiger partial charge is 0.493 e. The molecule has 0 bridgehead atoms. The summed E-state index contributed by atoms with van der Waals surface area (Å²) in [5.74, 6) is -0.818. The van der Waals surface area contributed by atoms with Crippen molar-refractivity contribution in [2.24, 2.45) is 0 Å². The second-order valence-electron chi connectivity index (χ2n) is 6.50. The molecule has 3 aromatic rings. The van der Waals surface area contributed by atoms with Crippen LogP contribution in [0.1, 0.15) is 22.5 Å². The third-order valence-electron chi connectivity index (χ3n) is 4.43. The Hall–Kier alpha value is -2.64. The molecule has 1 heterocycles. The quantitative estimate of drug-likeness (QED) is 0.443. The van der Waals surface area contributed by atoms with Crippen LogP contribution in [0.15, 0.2) is 48.5 Å². The minimum Gasteiger partial charge on any atom is -0.493 e. The average Bonchev–Trinajstić information content (AvgIpc) is 2.98. The highest BCUT2D eigenvalue weighted by molar-refractivity contribution is 6.36. The number of rotatable bonds is 6. The number of hydrogen-bond acceptors (Lipinski definition) is 2. The number of nitrogens with zero attached hydrogens (tertiary/aromatic N) is 1. The molecule has 0 aliphatic rings. The molecule has 9 heteroatoms. The van der Waals surface area contributed by atoms with E-state index in [9.17, 15) is 23.1 Å². The molecular weight excluding hydrogens is 442 g/mol. The van der Waals surface area contributed by atoms with Crippen LogP contribution in [-0.4, -0.2) is 28.4 Å². The first kappa shape index (κ1) is 22.1. The normalized spacial score (nSPS) is 11.5. The molecule has 2 aromatic carbocycles. The smallest absolute Gasteiger partial charge is 0.392 e. The number of benzene rings is 2. The van der Waals surface area contributed by atoms with Gasteiger partial charge >= 0.3 is 12.1 Å². The Morgan fingerprint density at radius 2 is 1.77 bits per heavy atom. The first-order chi connectivity index (χ1) is 14.1. The number of carboxylic acid groups (broad SMARTS) is 1. The fourth-order valence-corrected chi connectivity index (χ4v) is 3.53. The Morgan fingerprint density at radius 3 is 2.33 bits per heavy atom. The Morgan fingerprint density at radius 1 is 1.10 bits per heavy atom. The molecule has 4 nitrogen and oxygen atoms in total. The lowest BCUT2D eigenvalue weighted by Gasteiger charge is -2.14. The van der Waals surface area contributed by atoms with Crippen molar-refractivity contribution in [2.75, 3.05) is 6.61 Å².